The molecule has 0 radical (unpaired) electrons. The molecule has 2 unspecified atom stereocenters. The average Bonchev–Trinajstić information content (AvgIpc) is 2.46. The van der Waals surface area contributed by atoms with Gasteiger partial charge < -0.3 is 5.32 Å². The molecule has 0 saturated heterocycles. The van der Waals surface area contributed by atoms with Gasteiger partial charge in [-0.1, -0.05) is 6.42 Å². The summed E-state index contributed by atoms with van der Waals surface area (Å²) in [6, 6.07) is 4.70. The Morgan fingerprint density at radius 1 is 1.30 bits per heavy atom. The van der Waals surface area contributed by atoms with Crippen LogP contribution in [0.15, 0.2) is 18.2 Å². The van der Waals surface area contributed by atoms with E-state index < -0.39 is 26.8 Å². The molecule has 4 nitrogen and oxygen atoms in total. The molecule has 2 rings (SSSR count). The Hall–Kier alpha value is -1.75. The van der Waals surface area contributed by atoms with Crippen LogP contribution in [0.4, 0.5) is 18.9 Å². The normalized spacial score (nSPS) is 22.4. The van der Waals surface area contributed by atoms with Gasteiger partial charge in [0.15, 0.2) is 0 Å². The van der Waals surface area contributed by atoms with Crippen molar-refractivity contribution in [2.24, 2.45) is 0 Å². The smallest absolute Gasteiger partial charge is 0.382 e. The van der Waals surface area contributed by atoms with Crippen molar-refractivity contribution in [3.63, 3.8) is 0 Å². The summed E-state index contributed by atoms with van der Waals surface area (Å²) in [4.78, 5) is 0. The molecule has 8 heteroatoms. The first-order valence-corrected chi connectivity index (χ1v) is 9.13. The minimum atomic E-state index is -4.58. The lowest BCUT2D eigenvalue weighted by atomic mass is 9.94. The zero-order valence-corrected chi connectivity index (χ0v) is 13.3. The first kappa shape index (κ1) is 17.6. The predicted octanol–water partition coefficient (Wildman–Crippen LogP) is 3.34. The first-order chi connectivity index (χ1) is 10.6. The van der Waals surface area contributed by atoms with E-state index in [1.54, 1.807) is 6.07 Å². The van der Waals surface area contributed by atoms with Crippen LogP contribution in [-0.2, 0) is 16.0 Å². The fraction of sp³-hybridized carbons (Fsp3) is 0.533. The minimum Gasteiger partial charge on any atom is -0.382 e. The number of nitrogens with one attached hydrogen (secondary N) is 1. The number of sulfone groups is 1. The topological polar surface area (TPSA) is 70.0 Å². The summed E-state index contributed by atoms with van der Waals surface area (Å²) in [5.74, 6) is 0. The molecule has 0 bridgehead atoms. The Morgan fingerprint density at radius 2 is 2.00 bits per heavy atom. The van der Waals surface area contributed by atoms with Crippen LogP contribution in [-0.4, -0.2) is 26.0 Å². The van der Waals surface area contributed by atoms with Crippen molar-refractivity contribution in [2.75, 3.05) is 11.6 Å². The lowest BCUT2D eigenvalue weighted by Gasteiger charge is -2.30. The van der Waals surface area contributed by atoms with Crippen LogP contribution in [0.1, 0.15) is 36.8 Å². The third kappa shape index (κ3) is 4.38. The number of benzene rings is 1. The summed E-state index contributed by atoms with van der Waals surface area (Å²) in [6.07, 6.45) is -1.34. The second kappa shape index (κ2) is 6.40. The Morgan fingerprint density at radius 3 is 2.57 bits per heavy atom. The summed E-state index contributed by atoms with van der Waals surface area (Å²) >= 11 is 0. The third-order valence-electron chi connectivity index (χ3n) is 4.05. The minimum absolute atomic E-state index is 0.0690. The zero-order chi connectivity index (χ0) is 17.3. The van der Waals surface area contributed by atoms with Gasteiger partial charge in [0.2, 0.25) is 0 Å². The first-order valence-electron chi connectivity index (χ1n) is 7.18. The van der Waals surface area contributed by atoms with Crippen LogP contribution in [0.25, 0.3) is 0 Å². The number of alkyl halides is 3. The predicted molar refractivity (Wildman–Crippen MR) is 80.7 cm³/mol. The van der Waals surface area contributed by atoms with Gasteiger partial charge >= 0.3 is 6.18 Å². The van der Waals surface area contributed by atoms with Crippen molar-refractivity contribution >= 4 is 15.5 Å². The summed E-state index contributed by atoms with van der Waals surface area (Å²) in [5, 5.41) is 11.0. The molecule has 126 valence electrons. The van der Waals surface area contributed by atoms with Crippen molar-refractivity contribution < 1.29 is 21.6 Å². The highest BCUT2D eigenvalue weighted by Crippen LogP contribution is 2.37. The molecule has 0 amide bonds. The lowest BCUT2D eigenvalue weighted by Crippen LogP contribution is -2.34. The number of halogens is 3. The second-order valence-electron chi connectivity index (χ2n) is 5.83. The zero-order valence-electron chi connectivity index (χ0n) is 12.5. The fourth-order valence-electron chi connectivity index (χ4n) is 2.86. The van der Waals surface area contributed by atoms with Gasteiger partial charge in [0, 0.05) is 18.0 Å². The number of nitriles is 1. The van der Waals surface area contributed by atoms with Gasteiger partial charge in [0.1, 0.15) is 9.84 Å². The quantitative estimate of drug-likeness (QED) is 0.911. The van der Waals surface area contributed by atoms with Gasteiger partial charge in [0.25, 0.3) is 0 Å². The Kier molecular flexibility index (Phi) is 4.90. The Bertz CT molecular complexity index is 723. The van der Waals surface area contributed by atoms with E-state index in [-0.39, 0.29) is 23.7 Å². The van der Waals surface area contributed by atoms with Crippen molar-refractivity contribution in [3.05, 3.63) is 29.3 Å². The van der Waals surface area contributed by atoms with E-state index >= 15 is 0 Å². The number of anilines is 1. The maximum absolute atomic E-state index is 13.1. The van der Waals surface area contributed by atoms with Gasteiger partial charge in [-0.2, -0.15) is 18.4 Å². The van der Waals surface area contributed by atoms with E-state index in [4.69, 9.17) is 5.26 Å². The Labute approximate surface area is 133 Å². The highest BCUT2D eigenvalue weighted by atomic mass is 32.2. The number of hydrogen-bond donors (Lipinski definition) is 1. The van der Waals surface area contributed by atoms with E-state index in [2.05, 4.69) is 5.32 Å². The molecule has 0 heterocycles. The molecule has 1 aromatic rings. The summed E-state index contributed by atoms with van der Waals surface area (Å²) in [7, 11) is -3.21. The lowest BCUT2D eigenvalue weighted by molar-refractivity contribution is -0.137. The number of rotatable bonds is 3. The van der Waals surface area contributed by atoms with Crippen molar-refractivity contribution in [3.8, 4) is 6.07 Å². The number of nitrogens with zero attached hydrogens (tertiary/aromatic N) is 1. The average molecular weight is 346 g/mol. The molecule has 2 atom stereocenters. The van der Waals surface area contributed by atoms with E-state index in [0.717, 1.165) is 12.3 Å². The fourth-order valence-corrected chi connectivity index (χ4v) is 4.04. The van der Waals surface area contributed by atoms with E-state index in [9.17, 15) is 21.6 Å². The van der Waals surface area contributed by atoms with Crippen LogP contribution in [0.5, 0.6) is 0 Å². The second-order valence-corrected chi connectivity index (χ2v) is 8.16. The standard InChI is InChI=1S/C15H17F3N2O2S/c1-23(21,22)12-4-2-3-11(8-12)20-14-6-5-10(9-19)7-13(14)15(16,17)18/h5-7,11-12,20H,2-4,8H2,1H3. The molecule has 0 spiro atoms. The Balaban J connectivity index is 2.25. The maximum Gasteiger partial charge on any atom is 0.418 e. The molecule has 1 aliphatic rings. The molecule has 1 aliphatic carbocycles. The monoisotopic (exact) mass is 346 g/mol. The number of hydrogen-bond acceptors (Lipinski definition) is 4. The summed E-state index contributed by atoms with van der Waals surface area (Å²) < 4.78 is 62.7. The van der Waals surface area contributed by atoms with Crippen LogP contribution in [0, 0.1) is 11.3 Å². The molecular weight excluding hydrogens is 329 g/mol. The van der Waals surface area contributed by atoms with Crippen molar-refractivity contribution in [1.82, 2.24) is 0 Å². The molecular formula is C15H17F3N2O2S. The maximum atomic E-state index is 13.1. The van der Waals surface area contributed by atoms with E-state index in [0.29, 0.717) is 19.3 Å². The molecule has 1 aromatic carbocycles. The van der Waals surface area contributed by atoms with Gasteiger partial charge in [0.05, 0.1) is 22.4 Å². The molecule has 1 N–H and O–H groups in total. The molecule has 1 fully saturated rings. The molecule has 0 aliphatic heterocycles. The van der Waals surface area contributed by atoms with Gasteiger partial charge in [-0.25, -0.2) is 8.42 Å². The van der Waals surface area contributed by atoms with Gasteiger partial charge in [-0.3, -0.25) is 0 Å². The highest BCUT2D eigenvalue weighted by molar-refractivity contribution is 7.91. The molecule has 23 heavy (non-hydrogen) atoms. The SMILES string of the molecule is CS(=O)(=O)C1CCCC(Nc2ccc(C#N)cc2C(F)(F)F)C1. The van der Waals surface area contributed by atoms with E-state index in [1.165, 1.54) is 12.1 Å². The van der Waals surface area contributed by atoms with Crippen molar-refractivity contribution in [1.29, 1.82) is 5.26 Å². The largest absolute Gasteiger partial charge is 0.418 e. The van der Waals surface area contributed by atoms with Gasteiger partial charge in [-0.05, 0) is 37.5 Å². The third-order valence-corrected chi connectivity index (χ3v) is 5.68. The summed E-state index contributed by atoms with van der Waals surface area (Å²) in [5.41, 5.74) is -1.09. The van der Waals surface area contributed by atoms with Crippen molar-refractivity contribution in [2.45, 2.75) is 43.2 Å². The highest BCUT2D eigenvalue weighted by Gasteiger charge is 2.35. The molecule has 1 saturated carbocycles. The molecule has 0 aromatic heterocycles. The van der Waals surface area contributed by atoms with Crippen LogP contribution in [0.3, 0.4) is 0 Å². The van der Waals surface area contributed by atoms with Crippen LogP contribution < -0.4 is 5.32 Å². The van der Waals surface area contributed by atoms with Crippen LogP contribution in [0.2, 0.25) is 0 Å². The van der Waals surface area contributed by atoms with Crippen LogP contribution >= 0.6 is 0 Å². The van der Waals surface area contributed by atoms with Gasteiger partial charge in [-0.15, -0.1) is 0 Å². The van der Waals surface area contributed by atoms with E-state index in [1.807, 2.05) is 0 Å². The summed E-state index contributed by atoms with van der Waals surface area (Å²) in [6.45, 7) is 0.